The van der Waals surface area contributed by atoms with E-state index < -0.39 is 6.04 Å². The van der Waals surface area contributed by atoms with Crippen LogP contribution in [0, 0.1) is 0 Å². The predicted molar refractivity (Wildman–Crippen MR) is 129 cm³/mol. The first kappa shape index (κ1) is 24.5. The zero-order valence-corrected chi connectivity index (χ0v) is 19.9. The molecule has 10 heteroatoms. The third kappa shape index (κ3) is 6.07. The number of nitrogens with one attached hydrogen (secondary N) is 2. The van der Waals surface area contributed by atoms with Gasteiger partial charge in [0.25, 0.3) is 5.91 Å². The van der Waals surface area contributed by atoms with E-state index in [1.807, 2.05) is 29.2 Å². The van der Waals surface area contributed by atoms with Gasteiger partial charge in [-0.05, 0) is 36.2 Å². The van der Waals surface area contributed by atoms with Gasteiger partial charge < -0.3 is 24.9 Å². The molecule has 2 aliphatic heterocycles. The number of anilines is 1. The van der Waals surface area contributed by atoms with E-state index in [1.165, 1.54) is 11.2 Å². The molecule has 0 saturated carbocycles. The highest BCUT2D eigenvalue weighted by Crippen LogP contribution is 2.15. The summed E-state index contributed by atoms with van der Waals surface area (Å²) in [6.07, 6.45) is 2.26. The van der Waals surface area contributed by atoms with Crippen LogP contribution in [0.4, 0.5) is 5.69 Å². The summed E-state index contributed by atoms with van der Waals surface area (Å²) in [5.41, 5.74) is 1.82. The molecule has 0 spiro atoms. The molecule has 0 bridgehead atoms. The van der Waals surface area contributed by atoms with Gasteiger partial charge in [0, 0.05) is 45.0 Å². The fourth-order valence-corrected chi connectivity index (χ4v) is 4.37. The van der Waals surface area contributed by atoms with Crippen molar-refractivity contribution in [2.75, 3.05) is 51.1 Å². The van der Waals surface area contributed by atoms with Crippen molar-refractivity contribution < 1.29 is 23.6 Å². The van der Waals surface area contributed by atoms with Crippen molar-refractivity contribution in [3.8, 4) is 0 Å². The number of carbonyl (C=O) groups excluding carboxylic acids is 4. The monoisotopic (exact) mass is 481 g/mol. The number of furan rings is 1. The third-order valence-corrected chi connectivity index (χ3v) is 6.43. The van der Waals surface area contributed by atoms with Crippen molar-refractivity contribution >= 4 is 29.3 Å². The lowest BCUT2D eigenvalue weighted by molar-refractivity contribution is -0.145. The van der Waals surface area contributed by atoms with Gasteiger partial charge in [0.15, 0.2) is 5.76 Å². The van der Waals surface area contributed by atoms with Crippen molar-refractivity contribution in [3.63, 3.8) is 0 Å². The van der Waals surface area contributed by atoms with Crippen LogP contribution in [0.25, 0.3) is 0 Å². The predicted octanol–water partition coefficient (Wildman–Crippen LogP) is 0.956. The van der Waals surface area contributed by atoms with Gasteiger partial charge in [0.1, 0.15) is 6.04 Å². The number of amides is 4. The molecule has 0 aliphatic carbocycles. The van der Waals surface area contributed by atoms with Crippen LogP contribution in [-0.4, -0.2) is 90.2 Å². The molecule has 10 nitrogen and oxygen atoms in total. The number of hydrogen-bond acceptors (Lipinski definition) is 6. The SMILES string of the molecule is CCc1ccc(NC(=O)C[C@H]2C(=O)NCCN2C(=O)CN2CCN(C(=O)c3ccco3)CC2)cc1. The standard InChI is InChI=1S/C25H31N5O5/c1-2-18-5-7-19(8-6-18)27-22(31)16-20-24(33)26-9-10-30(20)23(32)17-28-11-13-29(14-12-28)25(34)21-4-3-15-35-21/h3-8,15,20H,2,9-14,16-17H2,1H3,(H,26,33)(H,27,31)/t20-/m0/s1. The fourth-order valence-electron chi connectivity index (χ4n) is 4.37. The van der Waals surface area contributed by atoms with E-state index in [9.17, 15) is 19.2 Å². The first-order chi connectivity index (χ1) is 16.9. The minimum atomic E-state index is -0.854. The molecule has 4 rings (SSSR count). The second-order valence-electron chi connectivity index (χ2n) is 8.74. The molecule has 35 heavy (non-hydrogen) atoms. The summed E-state index contributed by atoms with van der Waals surface area (Å²) < 4.78 is 5.18. The molecule has 4 amide bonds. The largest absolute Gasteiger partial charge is 0.459 e. The highest BCUT2D eigenvalue weighted by atomic mass is 16.3. The fraction of sp³-hybridized carbons (Fsp3) is 0.440. The van der Waals surface area contributed by atoms with Gasteiger partial charge in [-0.15, -0.1) is 0 Å². The summed E-state index contributed by atoms with van der Waals surface area (Å²) in [6, 6.07) is 10.0. The second-order valence-corrected chi connectivity index (χ2v) is 8.74. The smallest absolute Gasteiger partial charge is 0.289 e. The molecule has 3 heterocycles. The van der Waals surface area contributed by atoms with Gasteiger partial charge in [-0.3, -0.25) is 24.1 Å². The second kappa shape index (κ2) is 11.2. The Bertz CT molecular complexity index is 1040. The van der Waals surface area contributed by atoms with E-state index in [-0.39, 0.29) is 36.6 Å². The summed E-state index contributed by atoms with van der Waals surface area (Å²) in [5, 5.41) is 5.57. The molecule has 2 N–H and O–H groups in total. The molecule has 1 aromatic carbocycles. The lowest BCUT2D eigenvalue weighted by atomic mass is 10.1. The molecule has 2 aliphatic rings. The average molecular weight is 482 g/mol. The Kier molecular flexibility index (Phi) is 7.81. The van der Waals surface area contributed by atoms with Gasteiger partial charge in [-0.2, -0.15) is 0 Å². The van der Waals surface area contributed by atoms with E-state index >= 15 is 0 Å². The quantitative estimate of drug-likeness (QED) is 0.609. The van der Waals surface area contributed by atoms with Crippen molar-refractivity contribution in [1.82, 2.24) is 20.0 Å². The van der Waals surface area contributed by atoms with Crippen LogP contribution in [0.5, 0.6) is 0 Å². The molecule has 2 fully saturated rings. The number of carbonyl (C=O) groups is 4. The Balaban J connectivity index is 1.30. The van der Waals surface area contributed by atoms with Crippen molar-refractivity contribution in [1.29, 1.82) is 0 Å². The van der Waals surface area contributed by atoms with Crippen LogP contribution in [0.1, 0.15) is 29.5 Å². The number of nitrogens with zero attached hydrogens (tertiary/aromatic N) is 3. The van der Waals surface area contributed by atoms with Gasteiger partial charge in [0.05, 0.1) is 19.2 Å². The molecule has 2 aromatic rings. The first-order valence-corrected chi connectivity index (χ1v) is 12.0. The summed E-state index contributed by atoms with van der Waals surface area (Å²) in [5.74, 6) is -0.703. The lowest BCUT2D eigenvalue weighted by Crippen LogP contribution is -2.60. The van der Waals surface area contributed by atoms with Crippen LogP contribution in [-0.2, 0) is 20.8 Å². The number of rotatable bonds is 7. The van der Waals surface area contributed by atoms with Gasteiger partial charge in [-0.25, -0.2) is 0 Å². The summed E-state index contributed by atoms with van der Waals surface area (Å²) in [6.45, 7) is 4.94. The molecule has 1 aromatic heterocycles. The van der Waals surface area contributed by atoms with E-state index in [4.69, 9.17) is 4.42 Å². The molecule has 1 atom stereocenters. The number of aryl methyl sites for hydroxylation is 1. The minimum Gasteiger partial charge on any atom is -0.459 e. The Morgan fingerprint density at radius 1 is 1.06 bits per heavy atom. The number of hydrogen-bond donors (Lipinski definition) is 2. The zero-order valence-electron chi connectivity index (χ0n) is 19.9. The molecular weight excluding hydrogens is 450 g/mol. The Hall–Kier alpha value is -3.66. The highest BCUT2D eigenvalue weighted by molar-refractivity contribution is 5.97. The molecule has 0 radical (unpaired) electrons. The van der Waals surface area contributed by atoms with E-state index in [0.717, 1.165) is 12.0 Å². The van der Waals surface area contributed by atoms with Crippen molar-refractivity contribution in [2.45, 2.75) is 25.8 Å². The van der Waals surface area contributed by atoms with Gasteiger partial charge >= 0.3 is 0 Å². The summed E-state index contributed by atoms with van der Waals surface area (Å²) in [7, 11) is 0. The maximum atomic E-state index is 13.1. The Morgan fingerprint density at radius 2 is 1.80 bits per heavy atom. The zero-order chi connectivity index (χ0) is 24.8. The minimum absolute atomic E-state index is 0.113. The molecule has 2 saturated heterocycles. The summed E-state index contributed by atoms with van der Waals surface area (Å²) >= 11 is 0. The number of benzene rings is 1. The van der Waals surface area contributed by atoms with E-state index in [2.05, 4.69) is 17.6 Å². The van der Waals surface area contributed by atoms with Crippen LogP contribution in [0.2, 0.25) is 0 Å². The first-order valence-electron chi connectivity index (χ1n) is 12.0. The average Bonchev–Trinajstić information content (AvgIpc) is 3.41. The van der Waals surface area contributed by atoms with Crippen LogP contribution >= 0.6 is 0 Å². The van der Waals surface area contributed by atoms with Crippen molar-refractivity contribution in [2.24, 2.45) is 0 Å². The van der Waals surface area contributed by atoms with Gasteiger partial charge in [-0.1, -0.05) is 19.1 Å². The molecular formula is C25H31N5O5. The van der Waals surface area contributed by atoms with Crippen LogP contribution in [0.3, 0.4) is 0 Å². The topological polar surface area (TPSA) is 115 Å². The third-order valence-electron chi connectivity index (χ3n) is 6.43. The highest BCUT2D eigenvalue weighted by Gasteiger charge is 2.35. The Morgan fingerprint density at radius 3 is 2.46 bits per heavy atom. The normalized spacial score (nSPS) is 18.8. The summed E-state index contributed by atoms with van der Waals surface area (Å²) in [4.78, 5) is 55.9. The molecule has 186 valence electrons. The van der Waals surface area contributed by atoms with E-state index in [1.54, 1.807) is 17.0 Å². The van der Waals surface area contributed by atoms with E-state index in [0.29, 0.717) is 50.7 Å². The van der Waals surface area contributed by atoms with Crippen LogP contribution < -0.4 is 10.6 Å². The Labute approximate surface area is 204 Å². The number of piperazine rings is 2. The van der Waals surface area contributed by atoms with Gasteiger partial charge in [0.2, 0.25) is 17.7 Å². The van der Waals surface area contributed by atoms with Crippen molar-refractivity contribution in [3.05, 3.63) is 54.0 Å². The van der Waals surface area contributed by atoms with Crippen LogP contribution in [0.15, 0.2) is 47.1 Å². The maximum Gasteiger partial charge on any atom is 0.289 e. The lowest BCUT2D eigenvalue weighted by Gasteiger charge is -2.38. The molecule has 0 unspecified atom stereocenters. The maximum absolute atomic E-state index is 13.1.